The number of rotatable bonds is 5. The third kappa shape index (κ3) is 3.60. The molecule has 0 radical (unpaired) electrons. The number of aryl methyl sites for hydroxylation is 2. The lowest BCUT2D eigenvalue weighted by atomic mass is 9.97. The Balaban J connectivity index is 1.54. The molecule has 1 aliphatic heterocycles. The summed E-state index contributed by atoms with van der Waals surface area (Å²) in [6.07, 6.45) is 3.73. The molecule has 1 saturated heterocycles. The van der Waals surface area contributed by atoms with Crippen molar-refractivity contribution in [2.24, 2.45) is 0 Å². The first-order valence-electron chi connectivity index (χ1n) is 10.9. The van der Waals surface area contributed by atoms with Crippen LogP contribution in [0.5, 0.6) is 0 Å². The molecule has 0 aliphatic carbocycles. The van der Waals surface area contributed by atoms with Crippen molar-refractivity contribution in [3.05, 3.63) is 69.8 Å². The number of fused-ring (bicyclic) bond motifs is 2. The highest BCUT2D eigenvalue weighted by Crippen LogP contribution is 2.37. The van der Waals surface area contributed by atoms with Crippen LogP contribution in [0.2, 0.25) is 0 Å². The van der Waals surface area contributed by atoms with Gasteiger partial charge < -0.3 is 18.9 Å². The van der Waals surface area contributed by atoms with Crippen molar-refractivity contribution in [3.63, 3.8) is 0 Å². The highest BCUT2D eigenvalue weighted by atomic mass is 16.5. The highest BCUT2D eigenvalue weighted by Gasteiger charge is 2.21. The second-order valence-corrected chi connectivity index (χ2v) is 8.38. The van der Waals surface area contributed by atoms with E-state index in [9.17, 15) is 9.59 Å². The molecular formula is C26H25NO5. The molecule has 6 nitrogen and oxygen atoms in total. The zero-order valence-corrected chi connectivity index (χ0v) is 18.2. The minimum atomic E-state index is -0.487. The minimum absolute atomic E-state index is 0.0230. The Hall–Kier alpha value is -3.38. The zero-order valence-electron chi connectivity index (χ0n) is 18.2. The molecule has 0 spiro atoms. The highest BCUT2D eigenvalue weighted by molar-refractivity contribution is 6.05. The Morgan fingerprint density at radius 3 is 2.66 bits per heavy atom. The van der Waals surface area contributed by atoms with Crippen molar-refractivity contribution < 1.29 is 18.4 Å². The van der Waals surface area contributed by atoms with Gasteiger partial charge in [0.25, 0.3) is 0 Å². The molecule has 1 aliphatic rings. The normalized spacial score (nSPS) is 16.1. The van der Waals surface area contributed by atoms with E-state index in [1.165, 1.54) is 0 Å². The van der Waals surface area contributed by atoms with Gasteiger partial charge in [0.1, 0.15) is 11.2 Å². The molecule has 2 aromatic heterocycles. The summed E-state index contributed by atoms with van der Waals surface area (Å²) in [5, 5.41) is 4.65. The van der Waals surface area contributed by atoms with Crippen LogP contribution in [-0.4, -0.2) is 25.2 Å². The molecule has 0 bridgehead atoms. The van der Waals surface area contributed by atoms with Crippen molar-refractivity contribution in [2.75, 3.05) is 13.2 Å². The maximum Gasteiger partial charge on any atom is 0.340 e. The predicted molar refractivity (Wildman–Crippen MR) is 123 cm³/mol. The smallest absolute Gasteiger partial charge is 0.340 e. The van der Waals surface area contributed by atoms with Crippen LogP contribution >= 0.6 is 0 Å². The van der Waals surface area contributed by atoms with Crippen molar-refractivity contribution >= 4 is 27.8 Å². The SMILES string of the molecule is Cc1c(CC(=O)NC[C@H]2CCCO2)c(=O)oc2c(C)c3occ(-c4ccccc4)c3cc12. The average molecular weight is 431 g/mol. The number of nitrogens with one attached hydrogen (secondary N) is 1. The van der Waals surface area contributed by atoms with E-state index in [1.807, 2.05) is 50.2 Å². The molecule has 1 amide bonds. The molecule has 5 rings (SSSR count). The third-order valence-corrected chi connectivity index (χ3v) is 6.31. The fourth-order valence-electron chi connectivity index (χ4n) is 4.50. The zero-order chi connectivity index (χ0) is 22.2. The second-order valence-electron chi connectivity index (χ2n) is 8.38. The molecule has 6 heteroatoms. The predicted octanol–water partition coefficient (Wildman–Crippen LogP) is 4.66. The lowest BCUT2D eigenvalue weighted by Gasteiger charge is -2.12. The molecular weight excluding hydrogens is 406 g/mol. The van der Waals surface area contributed by atoms with Crippen LogP contribution in [0.15, 0.2) is 56.3 Å². The number of carbonyl (C=O) groups is 1. The maximum atomic E-state index is 12.8. The molecule has 32 heavy (non-hydrogen) atoms. The van der Waals surface area contributed by atoms with Gasteiger partial charge in [-0.15, -0.1) is 0 Å². The summed E-state index contributed by atoms with van der Waals surface area (Å²) >= 11 is 0. The van der Waals surface area contributed by atoms with Crippen molar-refractivity contribution in [1.29, 1.82) is 0 Å². The van der Waals surface area contributed by atoms with E-state index in [4.69, 9.17) is 13.6 Å². The number of hydrogen-bond donors (Lipinski definition) is 1. The number of amides is 1. The molecule has 0 saturated carbocycles. The summed E-state index contributed by atoms with van der Waals surface area (Å²) in [4.78, 5) is 25.3. The molecule has 3 heterocycles. The van der Waals surface area contributed by atoms with E-state index in [0.29, 0.717) is 23.3 Å². The topological polar surface area (TPSA) is 81.7 Å². The van der Waals surface area contributed by atoms with Gasteiger partial charge >= 0.3 is 5.63 Å². The van der Waals surface area contributed by atoms with Gasteiger partial charge in [-0.1, -0.05) is 30.3 Å². The summed E-state index contributed by atoms with van der Waals surface area (Å²) in [5.41, 5.74) is 4.65. The lowest BCUT2D eigenvalue weighted by molar-refractivity contribution is -0.121. The van der Waals surface area contributed by atoms with Gasteiger partial charge in [-0.25, -0.2) is 4.79 Å². The number of furan rings is 1. The largest absolute Gasteiger partial charge is 0.463 e. The van der Waals surface area contributed by atoms with Gasteiger partial charge in [0.2, 0.25) is 5.91 Å². The van der Waals surface area contributed by atoms with Gasteiger partial charge in [-0.05, 0) is 43.9 Å². The van der Waals surface area contributed by atoms with E-state index in [2.05, 4.69) is 5.32 Å². The Labute approximate surface area is 185 Å². The molecule has 1 atom stereocenters. The van der Waals surface area contributed by atoms with E-state index < -0.39 is 5.63 Å². The standard InChI is InChI=1S/C26H25NO5/c1-15-19-11-21-22(17-7-4-3-5-8-17)14-31-24(21)16(2)25(19)32-26(29)20(15)12-23(28)27-13-18-9-6-10-30-18/h3-5,7-8,11,14,18H,6,9-10,12-13H2,1-2H3,(H,27,28)/t18-/m1/s1. The first-order valence-corrected chi connectivity index (χ1v) is 10.9. The van der Waals surface area contributed by atoms with Gasteiger partial charge in [-0.3, -0.25) is 4.79 Å². The Morgan fingerprint density at radius 2 is 1.91 bits per heavy atom. The van der Waals surface area contributed by atoms with Crippen LogP contribution in [0.4, 0.5) is 0 Å². The summed E-state index contributed by atoms with van der Waals surface area (Å²) in [6, 6.07) is 12.0. The Bertz CT molecular complexity index is 1360. The Kier molecular flexibility index (Phi) is 5.31. The summed E-state index contributed by atoms with van der Waals surface area (Å²) in [7, 11) is 0. The summed E-state index contributed by atoms with van der Waals surface area (Å²) < 4.78 is 17.1. The molecule has 1 N–H and O–H groups in total. The van der Waals surface area contributed by atoms with Gasteiger partial charge in [0.15, 0.2) is 0 Å². The van der Waals surface area contributed by atoms with Gasteiger partial charge in [-0.2, -0.15) is 0 Å². The number of carbonyl (C=O) groups excluding carboxylic acids is 1. The van der Waals surface area contributed by atoms with E-state index >= 15 is 0 Å². The first kappa shape index (κ1) is 20.5. The average Bonchev–Trinajstić information content (AvgIpc) is 3.47. The van der Waals surface area contributed by atoms with Crippen molar-refractivity contribution in [1.82, 2.24) is 5.32 Å². The van der Waals surface area contributed by atoms with E-state index in [0.717, 1.165) is 52.5 Å². The van der Waals surface area contributed by atoms with E-state index in [-0.39, 0.29) is 18.4 Å². The molecule has 0 unspecified atom stereocenters. The first-order chi connectivity index (χ1) is 15.5. The van der Waals surface area contributed by atoms with Gasteiger partial charge in [0.05, 0.1) is 24.4 Å². The van der Waals surface area contributed by atoms with Crippen LogP contribution in [0.3, 0.4) is 0 Å². The summed E-state index contributed by atoms with van der Waals surface area (Å²) in [5.74, 6) is -0.207. The van der Waals surface area contributed by atoms with Crippen LogP contribution in [0, 0.1) is 13.8 Å². The van der Waals surface area contributed by atoms with Crippen LogP contribution in [0.1, 0.15) is 29.5 Å². The lowest BCUT2D eigenvalue weighted by Crippen LogP contribution is -2.34. The second kappa shape index (κ2) is 8.28. The van der Waals surface area contributed by atoms with E-state index in [1.54, 1.807) is 6.26 Å². The van der Waals surface area contributed by atoms with Gasteiger partial charge in [0, 0.05) is 35.1 Å². The van der Waals surface area contributed by atoms with Crippen LogP contribution in [0.25, 0.3) is 33.1 Å². The van der Waals surface area contributed by atoms with Crippen LogP contribution in [-0.2, 0) is 16.0 Å². The third-order valence-electron chi connectivity index (χ3n) is 6.31. The monoisotopic (exact) mass is 431 g/mol. The summed E-state index contributed by atoms with van der Waals surface area (Å²) in [6.45, 7) is 4.96. The molecule has 4 aromatic rings. The molecule has 2 aromatic carbocycles. The number of ether oxygens (including phenoxy) is 1. The van der Waals surface area contributed by atoms with Crippen molar-refractivity contribution in [3.8, 4) is 11.1 Å². The van der Waals surface area contributed by atoms with Crippen LogP contribution < -0.4 is 10.9 Å². The minimum Gasteiger partial charge on any atom is -0.463 e. The fourth-order valence-corrected chi connectivity index (χ4v) is 4.50. The molecule has 164 valence electrons. The number of benzene rings is 2. The fraction of sp³-hybridized carbons (Fsp3) is 0.308. The number of hydrogen-bond acceptors (Lipinski definition) is 5. The van der Waals surface area contributed by atoms with Crippen molar-refractivity contribution in [2.45, 2.75) is 39.2 Å². The maximum absolute atomic E-state index is 12.8. The quantitative estimate of drug-likeness (QED) is 0.465. The molecule has 1 fully saturated rings. The Morgan fingerprint density at radius 1 is 1.09 bits per heavy atom.